The van der Waals surface area contributed by atoms with Gasteiger partial charge in [0, 0.05) is 24.2 Å². The fourth-order valence-corrected chi connectivity index (χ4v) is 4.01. The Labute approximate surface area is 152 Å². The van der Waals surface area contributed by atoms with Crippen molar-refractivity contribution < 1.29 is 22.3 Å². The van der Waals surface area contributed by atoms with Crippen LogP contribution in [0.5, 0.6) is 0 Å². The maximum atomic E-state index is 13.9. The standard InChI is InChI=1S/C16H22ClFN2O4S/c1-16(2,3)24-15(21)20-8-6-12(7-9-20)19-25(22,23)14-5-4-11(17)10-13(14)18/h4-5,10,12,19H,6-9H2,1-3H3. The number of piperidine rings is 1. The molecule has 0 unspecified atom stereocenters. The zero-order valence-electron chi connectivity index (χ0n) is 14.4. The number of rotatable bonds is 3. The number of likely N-dealkylation sites (tertiary alicyclic amines) is 1. The zero-order chi connectivity index (χ0) is 18.8. The molecular formula is C16H22ClFN2O4S. The van der Waals surface area contributed by atoms with Gasteiger partial charge in [0.25, 0.3) is 0 Å². The second-order valence-corrected chi connectivity index (χ2v) is 9.06. The lowest BCUT2D eigenvalue weighted by Crippen LogP contribution is -2.47. The molecule has 0 spiro atoms. The maximum absolute atomic E-state index is 13.9. The van der Waals surface area contributed by atoms with Gasteiger partial charge in [-0.3, -0.25) is 0 Å². The van der Waals surface area contributed by atoms with Crippen molar-refractivity contribution in [3.8, 4) is 0 Å². The number of halogens is 2. The van der Waals surface area contributed by atoms with Crippen molar-refractivity contribution in [3.05, 3.63) is 29.0 Å². The van der Waals surface area contributed by atoms with Gasteiger partial charge in [-0.05, 0) is 51.8 Å². The lowest BCUT2D eigenvalue weighted by molar-refractivity contribution is 0.0203. The molecule has 0 aliphatic carbocycles. The van der Waals surface area contributed by atoms with Crippen molar-refractivity contribution in [1.29, 1.82) is 0 Å². The van der Waals surface area contributed by atoms with Crippen LogP contribution < -0.4 is 4.72 Å². The quantitative estimate of drug-likeness (QED) is 0.857. The third kappa shape index (κ3) is 5.55. The highest BCUT2D eigenvalue weighted by Gasteiger charge is 2.30. The van der Waals surface area contributed by atoms with Gasteiger partial charge in [-0.2, -0.15) is 0 Å². The summed E-state index contributed by atoms with van der Waals surface area (Å²) < 4.78 is 46.3. The number of hydrogen-bond acceptors (Lipinski definition) is 4. The Morgan fingerprint density at radius 3 is 2.44 bits per heavy atom. The Morgan fingerprint density at radius 1 is 1.32 bits per heavy atom. The summed E-state index contributed by atoms with van der Waals surface area (Å²) in [5.74, 6) is -0.897. The molecule has 9 heteroatoms. The highest BCUT2D eigenvalue weighted by atomic mass is 35.5. The molecule has 1 fully saturated rings. The third-order valence-electron chi connectivity index (χ3n) is 3.65. The second-order valence-electron chi connectivity index (χ2n) is 6.94. The van der Waals surface area contributed by atoms with E-state index >= 15 is 0 Å². The van der Waals surface area contributed by atoms with Gasteiger partial charge in [-0.15, -0.1) is 0 Å². The molecule has 0 bridgehead atoms. The molecule has 1 aliphatic heterocycles. The molecule has 1 saturated heterocycles. The van der Waals surface area contributed by atoms with E-state index in [4.69, 9.17) is 16.3 Å². The molecule has 2 rings (SSSR count). The molecular weight excluding hydrogens is 371 g/mol. The number of benzene rings is 1. The maximum Gasteiger partial charge on any atom is 0.410 e. The Morgan fingerprint density at radius 2 is 1.92 bits per heavy atom. The molecule has 1 heterocycles. The fraction of sp³-hybridized carbons (Fsp3) is 0.562. The van der Waals surface area contributed by atoms with E-state index in [2.05, 4.69) is 4.72 Å². The SMILES string of the molecule is CC(C)(C)OC(=O)N1CCC(NS(=O)(=O)c2ccc(Cl)cc2F)CC1. The summed E-state index contributed by atoms with van der Waals surface area (Å²) in [5.41, 5.74) is -0.582. The van der Waals surface area contributed by atoms with Gasteiger partial charge in [-0.1, -0.05) is 11.6 Å². The molecule has 25 heavy (non-hydrogen) atoms. The van der Waals surface area contributed by atoms with E-state index in [1.807, 2.05) is 0 Å². The summed E-state index contributed by atoms with van der Waals surface area (Å²) in [5, 5.41) is 0.127. The average molecular weight is 393 g/mol. The normalized spacial score (nSPS) is 16.8. The van der Waals surface area contributed by atoms with Crippen molar-refractivity contribution in [3.63, 3.8) is 0 Å². The molecule has 0 aromatic heterocycles. The molecule has 1 aromatic carbocycles. The first-order valence-corrected chi connectivity index (χ1v) is 9.79. The fourth-order valence-electron chi connectivity index (χ4n) is 2.48. The van der Waals surface area contributed by atoms with Crippen LogP contribution >= 0.6 is 11.6 Å². The predicted molar refractivity (Wildman–Crippen MR) is 92.6 cm³/mol. The van der Waals surface area contributed by atoms with Crippen LogP contribution in [0.25, 0.3) is 0 Å². The van der Waals surface area contributed by atoms with E-state index in [1.165, 1.54) is 6.07 Å². The highest BCUT2D eigenvalue weighted by molar-refractivity contribution is 7.89. The monoisotopic (exact) mass is 392 g/mol. The number of ether oxygens (including phenoxy) is 1. The summed E-state index contributed by atoms with van der Waals surface area (Å²) in [4.78, 5) is 13.1. The minimum Gasteiger partial charge on any atom is -0.444 e. The Kier molecular flexibility index (Phi) is 5.96. The van der Waals surface area contributed by atoms with Crippen LogP contribution in [0.4, 0.5) is 9.18 Å². The largest absolute Gasteiger partial charge is 0.444 e. The molecule has 0 radical (unpaired) electrons. The number of amides is 1. The first-order valence-electron chi connectivity index (χ1n) is 7.93. The van der Waals surface area contributed by atoms with E-state index in [0.29, 0.717) is 25.9 Å². The first kappa shape index (κ1) is 19.9. The minimum atomic E-state index is -3.99. The van der Waals surface area contributed by atoms with Gasteiger partial charge < -0.3 is 9.64 Å². The van der Waals surface area contributed by atoms with Crippen LogP contribution in [0, 0.1) is 5.82 Å². The zero-order valence-corrected chi connectivity index (χ0v) is 16.0. The van der Waals surface area contributed by atoms with Gasteiger partial charge in [0.05, 0.1) is 0 Å². The second kappa shape index (κ2) is 7.47. The number of carbonyl (C=O) groups excluding carboxylic acids is 1. The third-order valence-corrected chi connectivity index (χ3v) is 5.44. The van der Waals surface area contributed by atoms with Crippen LogP contribution in [0.2, 0.25) is 5.02 Å². The molecule has 1 aromatic rings. The lowest BCUT2D eigenvalue weighted by atomic mass is 10.1. The lowest BCUT2D eigenvalue weighted by Gasteiger charge is -2.33. The summed E-state index contributed by atoms with van der Waals surface area (Å²) in [6.45, 7) is 6.09. The van der Waals surface area contributed by atoms with E-state index in [1.54, 1.807) is 25.7 Å². The number of carbonyl (C=O) groups is 1. The Hall–Kier alpha value is -1.38. The van der Waals surface area contributed by atoms with Crippen LogP contribution in [-0.4, -0.2) is 44.1 Å². The number of hydrogen-bond donors (Lipinski definition) is 1. The van der Waals surface area contributed by atoms with E-state index in [9.17, 15) is 17.6 Å². The van der Waals surface area contributed by atoms with Crippen LogP contribution in [0.3, 0.4) is 0 Å². The van der Waals surface area contributed by atoms with Crippen LogP contribution in [0.15, 0.2) is 23.1 Å². The molecule has 140 valence electrons. The van der Waals surface area contributed by atoms with Crippen molar-refractivity contribution in [2.75, 3.05) is 13.1 Å². The van der Waals surface area contributed by atoms with E-state index in [0.717, 1.165) is 12.1 Å². The number of nitrogens with one attached hydrogen (secondary N) is 1. The average Bonchev–Trinajstić information content (AvgIpc) is 2.45. The topological polar surface area (TPSA) is 75.7 Å². The summed E-state index contributed by atoms with van der Waals surface area (Å²) in [6, 6.07) is 3.04. The van der Waals surface area contributed by atoms with Crippen molar-refractivity contribution in [1.82, 2.24) is 9.62 Å². The molecule has 0 atom stereocenters. The van der Waals surface area contributed by atoms with E-state index < -0.39 is 32.4 Å². The molecule has 0 saturated carbocycles. The van der Waals surface area contributed by atoms with Crippen LogP contribution in [-0.2, 0) is 14.8 Å². The molecule has 1 N–H and O–H groups in total. The van der Waals surface area contributed by atoms with Gasteiger partial charge in [0.2, 0.25) is 10.0 Å². The van der Waals surface area contributed by atoms with Crippen molar-refractivity contribution in [2.24, 2.45) is 0 Å². The van der Waals surface area contributed by atoms with Gasteiger partial charge in [0.1, 0.15) is 16.3 Å². The van der Waals surface area contributed by atoms with Crippen molar-refractivity contribution in [2.45, 2.75) is 50.2 Å². The Bertz CT molecular complexity index is 741. The minimum absolute atomic E-state index is 0.127. The highest BCUT2D eigenvalue weighted by Crippen LogP contribution is 2.21. The van der Waals surface area contributed by atoms with Gasteiger partial charge in [0.15, 0.2) is 0 Å². The smallest absolute Gasteiger partial charge is 0.410 e. The molecule has 1 aliphatic rings. The number of sulfonamides is 1. The van der Waals surface area contributed by atoms with Gasteiger partial charge >= 0.3 is 6.09 Å². The van der Waals surface area contributed by atoms with E-state index in [-0.39, 0.29) is 11.1 Å². The first-order chi connectivity index (χ1) is 11.5. The van der Waals surface area contributed by atoms with Crippen LogP contribution in [0.1, 0.15) is 33.6 Å². The van der Waals surface area contributed by atoms with Gasteiger partial charge in [-0.25, -0.2) is 22.3 Å². The summed E-state index contributed by atoms with van der Waals surface area (Å²) in [6.07, 6.45) is 0.430. The number of nitrogens with zero attached hydrogens (tertiary/aromatic N) is 1. The molecule has 6 nitrogen and oxygen atoms in total. The predicted octanol–water partition coefficient (Wildman–Crippen LogP) is 3.16. The Balaban J connectivity index is 1.96. The molecule has 1 amide bonds. The summed E-state index contributed by atoms with van der Waals surface area (Å²) in [7, 11) is -3.99. The summed E-state index contributed by atoms with van der Waals surface area (Å²) >= 11 is 5.65. The van der Waals surface area contributed by atoms with Crippen molar-refractivity contribution >= 4 is 27.7 Å².